The minimum absolute atomic E-state index is 0.172. The summed E-state index contributed by atoms with van der Waals surface area (Å²) >= 11 is 0. The maximum Gasteiger partial charge on any atom is 0.255 e. The summed E-state index contributed by atoms with van der Waals surface area (Å²) in [6.45, 7) is 5.60. The summed E-state index contributed by atoms with van der Waals surface area (Å²) in [5, 5.41) is 13.0. The fraction of sp³-hybridized carbons (Fsp3) is 0.222. The molecular formula is C27H28N4O2. The molecular weight excluding hydrogens is 412 g/mol. The number of imidazole rings is 1. The number of aliphatic hydroxyl groups is 1. The third-order valence-electron chi connectivity index (χ3n) is 5.49. The van der Waals surface area contributed by atoms with Crippen LogP contribution in [-0.4, -0.2) is 31.0 Å². The second-order valence-corrected chi connectivity index (χ2v) is 8.77. The molecule has 1 amide bonds. The summed E-state index contributed by atoms with van der Waals surface area (Å²) in [7, 11) is 0. The minimum atomic E-state index is -0.731. The number of carbonyl (C=O) groups is 1. The topological polar surface area (TPSA) is 79.5 Å². The van der Waals surface area contributed by atoms with E-state index in [1.807, 2.05) is 84.3 Å². The maximum absolute atomic E-state index is 12.8. The first-order valence-corrected chi connectivity index (χ1v) is 11.0. The molecule has 3 heterocycles. The second-order valence-electron chi connectivity index (χ2n) is 8.77. The Balaban J connectivity index is 1.45. The molecule has 0 spiro atoms. The van der Waals surface area contributed by atoms with Gasteiger partial charge in [0.1, 0.15) is 5.65 Å². The summed E-state index contributed by atoms with van der Waals surface area (Å²) in [6.07, 6.45) is 8.87. The molecule has 0 aliphatic carbocycles. The van der Waals surface area contributed by atoms with E-state index >= 15 is 0 Å². The molecule has 0 saturated heterocycles. The summed E-state index contributed by atoms with van der Waals surface area (Å²) in [5.74, 6) is -0.172. The van der Waals surface area contributed by atoms with Crippen LogP contribution in [-0.2, 0) is 6.42 Å². The summed E-state index contributed by atoms with van der Waals surface area (Å²) < 4.78 is 1.97. The smallest absolute Gasteiger partial charge is 0.255 e. The average molecular weight is 441 g/mol. The Labute approximate surface area is 193 Å². The Morgan fingerprint density at radius 2 is 1.88 bits per heavy atom. The van der Waals surface area contributed by atoms with Crippen molar-refractivity contribution >= 4 is 29.4 Å². The van der Waals surface area contributed by atoms with E-state index in [1.165, 1.54) is 0 Å². The number of anilines is 1. The van der Waals surface area contributed by atoms with Crippen LogP contribution in [0.15, 0.2) is 67.0 Å². The molecule has 0 aliphatic heterocycles. The van der Waals surface area contributed by atoms with E-state index in [4.69, 9.17) is 0 Å². The van der Waals surface area contributed by atoms with Crippen LogP contribution >= 0.6 is 0 Å². The number of nitrogens with zero attached hydrogens (tertiary/aromatic N) is 3. The molecule has 0 aliphatic rings. The Morgan fingerprint density at radius 1 is 1.09 bits per heavy atom. The van der Waals surface area contributed by atoms with Crippen molar-refractivity contribution in [1.29, 1.82) is 0 Å². The van der Waals surface area contributed by atoms with E-state index in [-0.39, 0.29) is 5.91 Å². The van der Waals surface area contributed by atoms with Gasteiger partial charge in [-0.1, -0.05) is 24.3 Å². The Bertz CT molecular complexity index is 1280. The summed E-state index contributed by atoms with van der Waals surface area (Å²) in [4.78, 5) is 21.7. The van der Waals surface area contributed by atoms with Crippen LogP contribution in [0.1, 0.15) is 53.3 Å². The van der Waals surface area contributed by atoms with Crippen molar-refractivity contribution in [2.75, 3.05) is 5.32 Å². The van der Waals surface area contributed by atoms with Gasteiger partial charge in [-0.25, -0.2) is 4.98 Å². The molecule has 4 aromatic rings. The lowest BCUT2D eigenvalue weighted by Crippen LogP contribution is -2.19. The number of carbonyl (C=O) groups excluding carboxylic acids is 1. The predicted molar refractivity (Wildman–Crippen MR) is 132 cm³/mol. The molecule has 0 fully saturated rings. The number of aromatic nitrogens is 3. The van der Waals surface area contributed by atoms with Gasteiger partial charge in [0.2, 0.25) is 0 Å². The number of benzene rings is 1. The molecule has 168 valence electrons. The molecule has 4 rings (SSSR count). The molecule has 6 nitrogen and oxygen atoms in total. The number of fused-ring (bicyclic) bond motifs is 1. The van der Waals surface area contributed by atoms with Crippen LogP contribution < -0.4 is 5.32 Å². The van der Waals surface area contributed by atoms with Crippen molar-refractivity contribution in [2.45, 2.75) is 39.2 Å². The molecule has 0 unspecified atom stereocenters. The van der Waals surface area contributed by atoms with Crippen LogP contribution in [0, 0.1) is 6.92 Å². The normalized spacial score (nSPS) is 11.9. The van der Waals surface area contributed by atoms with E-state index in [0.29, 0.717) is 24.1 Å². The molecule has 3 aromatic heterocycles. The zero-order valence-corrected chi connectivity index (χ0v) is 19.1. The van der Waals surface area contributed by atoms with Crippen molar-refractivity contribution in [1.82, 2.24) is 14.4 Å². The highest BCUT2D eigenvalue weighted by molar-refractivity contribution is 6.04. The van der Waals surface area contributed by atoms with Crippen LogP contribution in [0.2, 0.25) is 0 Å². The molecule has 0 radical (unpaired) electrons. The summed E-state index contributed by atoms with van der Waals surface area (Å²) in [6, 6.07) is 16.9. The first-order chi connectivity index (χ1) is 15.8. The first kappa shape index (κ1) is 22.4. The van der Waals surface area contributed by atoms with Gasteiger partial charge in [-0.2, -0.15) is 0 Å². The molecule has 0 atom stereocenters. The fourth-order valence-corrected chi connectivity index (χ4v) is 3.55. The number of rotatable bonds is 7. The largest absolute Gasteiger partial charge is 0.390 e. The van der Waals surface area contributed by atoms with Gasteiger partial charge in [0.15, 0.2) is 0 Å². The number of hydrogen-bond donors (Lipinski definition) is 2. The van der Waals surface area contributed by atoms with Gasteiger partial charge in [-0.05, 0) is 81.7 Å². The molecule has 6 heteroatoms. The highest BCUT2D eigenvalue weighted by atomic mass is 16.3. The van der Waals surface area contributed by atoms with Gasteiger partial charge in [0, 0.05) is 23.7 Å². The van der Waals surface area contributed by atoms with Gasteiger partial charge in [0.25, 0.3) is 5.91 Å². The highest BCUT2D eigenvalue weighted by Crippen LogP contribution is 2.20. The number of aryl methyl sites for hydroxylation is 2. The quantitative estimate of drug-likeness (QED) is 0.416. The van der Waals surface area contributed by atoms with E-state index in [0.717, 1.165) is 28.3 Å². The van der Waals surface area contributed by atoms with E-state index < -0.39 is 5.60 Å². The lowest BCUT2D eigenvalue weighted by atomic mass is 10.0. The number of amides is 1. The Hall–Kier alpha value is -3.77. The number of pyridine rings is 2. The highest BCUT2D eigenvalue weighted by Gasteiger charge is 2.16. The van der Waals surface area contributed by atoms with Crippen molar-refractivity contribution in [3.63, 3.8) is 0 Å². The SMILES string of the molecule is Cc1c(CCC(C)(C)O)nc2ccc(NC(=O)c3ccc(/C=C/c4ccccn4)cc3)cn12. The predicted octanol–water partition coefficient (Wildman–Crippen LogP) is 5.16. The Kier molecular flexibility index (Phi) is 6.38. The van der Waals surface area contributed by atoms with Gasteiger partial charge >= 0.3 is 0 Å². The van der Waals surface area contributed by atoms with Crippen molar-refractivity contribution in [3.05, 3.63) is 95.2 Å². The molecule has 0 bridgehead atoms. The fourth-order valence-electron chi connectivity index (χ4n) is 3.55. The number of hydrogen-bond acceptors (Lipinski definition) is 4. The standard InChI is InChI=1S/C27H28N4O2/c1-19-24(15-16-27(2,3)33)30-25-14-13-23(18-31(19)25)29-26(32)21-10-7-20(8-11-21)9-12-22-6-4-5-17-28-22/h4-14,17-18,33H,15-16H2,1-3H3,(H,29,32)/b12-9+. The zero-order chi connectivity index (χ0) is 23.4. The van der Waals surface area contributed by atoms with Crippen LogP contribution in [0.5, 0.6) is 0 Å². The second kappa shape index (κ2) is 9.38. The monoisotopic (exact) mass is 440 g/mol. The van der Waals surface area contributed by atoms with Crippen LogP contribution in [0.25, 0.3) is 17.8 Å². The van der Waals surface area contributed by atoms with Crippen LogP contribution in [0.4, 0.5) is 5.69 Å². The minimum Gasteiger partial charge on any atom is -0.390 e. The lowest BCUT2D eigenvalue weighted by Gasteiger charge is -2.15. The van der Waals surface area contributed by atoms with Crippen molar-refractivity contribution in [2.24, 2.45) is 0 Å². The zero-order valence-electron chi connectivity index (χ0n) is 19.1. The third kappa shape index (κ3) is 5.73. The molecule has 33 heavy (non-hydrogen) atoms. The molecule has 0 saturated carbocycles. The maximum atomic E-state index is 12.8. The van der Waals surface area contributed by atoms with E-state index in [2.05, 4.69) is 15.3 Å². The van der Waals surface area contributed by atoms with Crippen molar-refractivity contribution in [3.8, 4) is 0 Å². The summed E-state index contributed by atoms with van der Waals surface area (Å²) in [5.41, 5.74) is 5.20. The molecule has 1 aromatic carbocycles. The van der Waals surface area contributed by atoms with E-state index in [1.54, 1.807) is 20.0 Å². The Morgan fingerprint density at radius 3 is 2.58 bits per heavy atom. The molecule has 2 N–H and O–H groups in total. The lowest BCUT2D eigenvalue weighted by molar-refractivity contribution is 0.0711. The third-order valence-corrected chi connectivity index (χ3v) is 5.49. The van der Waals surface area contributed by atoms with Gasteiger partial charge in [-0.15, -0.1) is 0 Å². The van der Waals surface area contributed by atoms with Crippen molar-refractivity contribution < 1.29 is 9.90 Å². The van der Waals surface area contributed by atoms with Gasteiger partial charge in [0.05, 0.1) is 22.7 Å². The number of nitrogens with one attached hydrogen (secondary N) is 1. The average Bonchev–Trinajstić information content (AvgIpc) is 3.12. The van der Waals surface area contributed by atoms with Gasteiger partial charge in [-0.3, -0.25) is 9.78 Å². The first-order valence-electron chi connectivity index (χ1n) is 11.0. The van der Waals surface area contributed by atoms with Gasteiger partial charge < -0.3 is 14.8 Å². The van der Waals surface area contributed by atoms with E-state index in [9.17, 15) is 9.90 Å². The van der Waals surface area contributed by atoms with Crippen LogP contribution in [0.3, 0.4) is 0 Å².